The quantitative estimate of drug-likeness (QED) is 0.799. The molecule has 1 saturated carbocycles. The fourth-order valence-electron chi connectivity index (χ4n) is 3.61. The molecule has 23 heavy (non-hydrogen) atoms. The van der Waals surface area contributed by atoms with E-state index in [0.29, 0.717) is 6.54 Å². The van der Waals surface area contributed by atoms with Crippen molar-refractivity contribution in [3.05, 3.63) is 29.8 Å². The summed E-state index contributed by atoms with van der Waals surface area (Å²) < 4.78 is 5.65. The van der Waals surface area contributed by atoms with Crippen molar-refractivity contribution in [2.45, 2.75) is 58.0 Å². The molecule has 0 spiro atoms. The zero-order chi connectivity index (χ0) is 16.2. The highest BCUT2D eigenvalue weighted by molar-refractivity contribution is 6.00. The maximum Gasteiger partial charge on any atom is 0.311 e. The van der Waals surface area contributed by atoms with Gasteiger partial charge in [0, 0.05) is 18.7 Å². The van der Waals surface area contributed by atoms with Gasteiger partial charge in [-0.3, -0.25) is 9.59 Å². The van der Waals surface area contributed by atoms with Crippen LogP contribution >= 0.6 is 0 Å². The summed E-state index contributed by atoms with van der Waals surface area (Å²) in [5.41, 5.74) is 2.08. The molecule has 1 unspecified atom stereocenters. The van der Waals surface area contributed by atoms with Crippen molar-refractivity contribution >= 4 is 17.6 Å². The molecule has 1 heterocycles. The van der Waals surface area contributed by atoms with Gasteiger partial charge in [0.2, 0.25) is 5.91 Å². The highest BCUT2D eigenvalue weighted by atomic mass is 16.5. The summed E-state index contributed by atoms with van der Waals surface area (Å²) in [5, 5.41) is 0. The number of nitrogens with zero attached hydrogens (tertiary/aromatic N) is 1. The SMILES string of the molecule is CCc1ccccc1N1CC(C(=O)OC2CCCCC2)CC1=O. The van der Waals surface area contributed by atoms with E-state index in [1.54, 1.807) is 4.90 Å². The zero-order valence-corrected chi connectivity index (χ0v) is 13.8. The van der Waals surface area contributed by atoms with Gasteiger partial charge in [-0.05, 0) is 43.7 Å². The average molecular weight is 315 g/mol. The van der Waals surface area contributed by atoms with Gasteiger partial charge in [-0.15, -0.1) is 0 Å². The fraction of sp³-hybridized carbons (Fsp3) is 0.579. The number of benzene rings is 1. The van der Waals surface area contributed by atoms with Crippen molar-refractivity contribution < 1.29 is 14.3 Å². The Bertz CT molecular complexity index is 578. The first-order valence-electron chi connectivity index (χ1n) is 8.77. The second-order valence-electron chi connectivity index (χ2n) is 6.58. The molecule has 124 valence electrons. The van der Waals surface area contributed by atoms with Crippen LogP contribution in [0.2, 0.25) is 0 Å². The Kier molecular flexibility index (Phi) is 4.99. The summed E-state index contributed by atoms with van der Waals surface area (Å²) in [6.45, 7) is 2.52. The van der Waals surface area contributed by atoms with Gasteiger partial charge in [0.1, 0.15) is 6.10 Å². The molecule has 4 nitrogen and oxygen atoms in total. The summed E-state index contributed by atoms with van der Waals surface area (Å²) in [6, 6.07) is 7.93. The third kappa shape index (κ3) is 3.57. The van der Waals surface area contributed by atoms with Crippen LogP contribution < -0.4 is 4.90 Å². The molecule has 1 aliphatic heterocycles. The number of carbonyl (C=O) groups excluding carboxylic acids is 2. The van der Waals surface area contributed by atoms with Crippen LogP contribution in [-0.2, 0) is 20.7 Å². The Balaban J connectivity index is 1.66. The van der Waals surface area contributed by atoms with Crippen molar-refractivity contribution in [2.75, 3.05) is 11.4 Å². The first-order chi connectivity index (χ1) is 11.2. The van der Waals surface area contributed by atoms with Gasteiger partial charge in [0.05, 0.1) is 5.92 Å². The van der Waals surface area contributed by atoms with E-state index in [1.165, 1.54) is 6.42 Å². The molecule has 1 saturated heterocycles. The predicted molar refractivity (Wildman–Crippen MR) is 89.2 cm³/mol. The van der Waals surface area contributed by atoms with Gasteiger partial charge in [-0.1, -0.05) is 31.5 Å². The molecular weight excluding hydrogens is 290 g/mol. The van der Waals surface area contributed by atoms with Crippen LogP contribution in [0.5, 0.6) is 0 Å². The summed E-state index contributed by atoms with van der Waals surface area (Å²) in [6.07, 6.45) is 6.64. The monoisotopic (exact) mass is 315 g/mol. The molecule has 2 aliphatic rings. The topological polar surface area (TPSA) is 46.6 Å². The van der Waals surface area contributed by atoms with Crippen molar-refractivity contribution in [3.8, 4) is 0 Å². The first-order valence-corrected chi connectivity index (χ1v) is 8.77. The Morgan fingerprint density at radius 2 is 1.96 bits per heavy atom. The molecule has 4 heteroatoms. The van der Waals surface area contributed by atoms with Crippen molar-refractivity contribution in [3.63, 3.8) is 0 Å². The smallest absolute Gasteiger partial charge is 0.311 e. The highest BCUT2D eigenvalue weighted by Crippen LogP contribution is 2.30. The number of anilines is 1. The summed E-state index contributed by atoms with van der Waals surface area (Å²) in [7, 11) is 0. The molecule has 1 aromatic rings. The molecule has 2 fully saturated rings. The predicted octanol–water partition coefficient (Wildman–Crippen LogP) is 3.48. The molecule has 1 amide bonds. The number of hydrogen-bond acceptors (Lipinski definition) is 3. The lowest BCUT2D eigenvalue weighted by Gasteiger charge is -2.23. The van der Waals surface area contributed by atoms with Crippen LogP contribution in [0.3, 0.4) is 0 Å². The van der Waals surface area contributed by atoms with E-state index >= 15 is 0 Å². The molecule has 1 aliphatic carbocycles. The van der Waals surface area contributed by atoms with Crippen LogP contribution in [0, 0.1) is 5.92 Å². The number of aryl methyl sites for hydroxylation is 1. The molecule has 1 aromatic carbocycles. The van der Waals surface area contributed by atoms with Gasteiger partial charge >= 0.3 is 5.97 Å². The lowest BCUT2D eigenvalue weighted by atomic mass is 9.97. The number of hydrogen-bond donors (Lipinski definition) is 0. The second-order valence-corrected chi connectivity index (χ2v) is 6.58. The van der Waals surface area contributed by atoms with Crippen LogP contribution in [0.15, 0.2) is 24.3 Å². The van der Waals surface area contributed by atoms with Gasteiger partial charge in [-0.2, -0.15) is 0 Å². The Hall–Kier alpha value is -1.84. The highest BCUT2D eigenvalue weighted by Gasteiger charge is 2.37. The first kappa shape index (κ1) is 16.0. The summed E-state index contributed by atoms with van der Waals surface area (Å²) >= 11 is 0. The van der Waals surface area contributed by atoms with E-state index < -0.39 is 0 Å². The molecule has 0 aromatic heterocycles. The van der Waals surface area contributed by atoms with Crippen LogP contribution in [0.4, 0.5) is 5.69 Å². The van der Waals surface area contributed by atoms with E-state index in [9.17, 15) is 9.59 Å². The minimum absolute atomic E-state index is 0.0245. The van der Waals surface area contributed by atoms with Crippen LogP contribution in [0.1, 0.15) is 51.0 Å². The average Bonchev–Trinajstić information content (AvgIpc) is 2.97. The second kappa shape index (κ2) is 7.16. The third-order valence-corrected chi connectivity index (χ3v) is 4.96. The van der Waals surface area contributed by atoms with E-state index in [2.05, 4.69) is 6.92 Å². The minimum Gasteiger partial charge on any atom is -0.462 e. The largest absolute Gasteiger partial charge is 0.462 e. The van der Waals surface area contributed by atoms with Gasteiger partial charge in [0.15, 0.2) is 0 Å². The van der Waals surface area contributed by atoms with Gasteiger partial charge in [0.25, 0.3) is 0 Å². The maximum absolute atomic E-state index is 12.4. The normalized spacial score (nSPS) is 22.4. The van der Waals surface area contributed by atoms with Crippen LogP contribution in [-0.4, -0.2) is 24.5 Å². The van der Waals surface area contributed by atoms with Gasteiger partial charge < -0.3 is 9.64 Å². The maximum atomic E-state index is 12.4. The van der Waals surface area contributed by atoms with Gasteiger partial charge in [-0.25, -0.2) is 0 Å². The number of carbonyl (C=O) groups is 2. The minimum atomic E-state index is -0.325. The Labute approximate surface area is 137 Å². The van der Waals surface area contributed by atoms with E-state index in [0.717, 1.165) is 43.4 Å². The summed E-state index contributed by atoms with van der Waals surface area (Å²) in [5.74, 6) is -0.493. The molecular formula is C19H25NO3. The fourth-order valence-corrected chi connectivity index (χ4v) is 3.61. The Morgan fingerprint density at radius 3 is 2.70 bits per heavy atom. The van der Waals surface area contributed by atoms with Crippen LogP contribution in [0.25, 0.3) is 0 Å². The number of amides is 1. The third-order valence-electron chi connectivity index (χ3n) is 4.96. The zero-order valence-electron chi connectivity index (χ0n) is 13.8. The van der Waals surface area contributed by atoms with Crippen molar-refractivity contribution in [2.24, 2.45) is 5.92 Å². The van der Waals surface area contributed by atoms with E-state index in [1.807, 2.05) is 24.3 Å². The number of para-hydroxylation sites is 1. The standard InChI is InChI=1S/C19H25NO3/c1-2-14-8-6-7-11-17(14)20-13-15(12-18(20)21)19(22)23-16-9-4-3-5-10-16/h6-8,11,15-16H,2-5,9-10,12-13H2,1H3. The van der Waals surface area contributed by atoms with Crippen molar-refractivity contribution in [1.82, 2.24) is 0 Å². The molecule has 3 rings (SSSR count). The van der Waals surface area contributed by atoms with Crippen molar-refractivity contribution in [1.29, 1.82) is 0 Å². The molecule has 0 N–H and O–H groups in total. The molecule has 0 bridgehead atoms. The lowest BCUT2D eigenvalue weighted by molar-refractivity contribution is -0.155. The number of ether oxygens (including phenoxy) is 1. The Morgan fingerprint density at radius 1 is 1.22 bits per heavy atom. The molecule has 0 radical (unpaired) electrons. The molecule has 1 atom stereocenters. The number of esters is 1. The lowest BCUT2D eigenvalue weighted by Crippen LogP contribution is -2.29. The van der Waals surface area contributed by atoms with E-state index in [4.69, 9.17) is 4.74 Å². The van der Waals surface area contributed by atoms with E-state index in [-0.39, 0.29) is 30.3 Å². The summed E-state index contributed by atoms with van der Waals surface area (Å²) in [4.78, 5) is 26.5. The number of rotatable bonds is 4.